The van der Waals surface area contributed by atoms with E-state index in [0.717, 1.165) is 18.7 Å². The van der Waals surface area contributed by atoms with Crippen molar-refractivity contribution in [1.82, 2.24) is 14.7 Å². The molecule has 0 aromatic carbocycles. The summed E-state index contributed by atoms with van der Waals surface area (Å²) >= 11 is 0. The Kier molecular flexibility index (Phi) is 6.08. The number of likely N-dealkylation sites (tertiary alicyclic amines) is 1. The van der Waals surface area contributed by atoms with Gasteiger partial charge in [-0.2, -0.15) is 5.10 Å². The number of carbonyl (C=O) groups excluding carboxylic acids is 2. The minimum absolute atomic E-state index is 0.00174. The first-order valence-corrected chi connectivity index (χ1v) is 8.97. The molecule has 1 aromatic heterocycles. The van der Waals surface area contributed by atoms with Crippen molar-refractivity contribution in [3.05, 3.63) is 12.3 Å². The van der Waals surface area contributed by atoms with Gasteiger partial charge >= 0.3 is 6.09 Å². The molecule has 1 aliphatic rings. The SMILES string of the molecule is CC(C)n1nccc1NC(=O)CC1CCN(C(=O)OC(C)(C)C)CC1. The Morgan fingerprint density at radius 2 is 1.96 bits per heavy atom. The predicted molar refractivity (Wildman–Crippen MR) is 96.4 cm³/mol. The minimum Gasteiger partial charge on any atom is -0.444 e. The number of anilines is 1. The summed E-state index contributed by atoms with van der Waals surface area (Å²) in [5.41, 5.74) is -0.479. The number of amides is 2. The second kappa shape index (κ2) is 7.89. The van der Waals surface area contributed by atoms with Crippen LogP contribution in [0.4, 0.5) is 10.6 Å². The summed E-state index contributed by atoms with van der Waals surface area (Å²) < 4.78 is 7.19. The van der Waals surface area contributed by atoms with Crippen molar-refractivity contribution in [1.29, 1.82) is 0 Å². The number of hydrogen-bond acceptors (Lipinski definition) is 4. The van der Waals surface area contributed by atoms with Gasteiger partial charge in [-0.25, -0.2) is 9.48 Å². The average molecular weight is 350 g/mol. The molecule has 2 heterocycles. The Bertz CT molecular complexity index is 596. The molecule has 0 radical (unpaired) electrons. The molecule has 0 aliphatic carbocycles. The fourth-order valence-electron chi connectivity index (χ4n) is 2.93. The first-order valence-electron chi connectivity index (χ1n) is 8.97. The van der Waals surface area contributed by atoms with Crippen LogP contribution in [0, 0.1) is 5.92 Å². The van der Waals surface area contributed by atoms with Gasteiger partial charge in [-0.15, -0.1) is 0 Å². The Morgan fingerprint density at radius 3 is 2.52 bits per heavy atom. The molecule has 25 heavy (non-hydrogen) atoms. The summed E-state index contributed by atoms with van der Waals surface area (Å²) in [6, 6.07) is 2.01. The maximum atomic E-state index is 12.3. The molecule has 1 aliphatic heterocycles. The molecule has 0 spiro atoms. The van der Waals surface area contributed by atoms with Gasteiger partial charge in [0.05, 0.1) is 6.20 Å². The van der Waals surface area contributed by atoms with E-state index in [4.69, 9.17) is 4.74 Å². The molecule has 7 heteroatoms. The van der Waals surface area contributed by atoms with E-state index in [1.807, 2.05) is 40.7 Å². The summed E-state index contributed by atoms with van der Waals surface area (Å²) in [4.78, 5) is 26.1. The van der Waals surface area contributed by atoms with Crippen LogP contribution in [0.2, 0.25) is 0 Å². The molecule has 2 amide bonds. The Labute approximate surface area is 149 Å². The second-order valence-corrected chi connectivity index (χ2v) is 7.92. The molecular formula is C18H30N4O3. The van der Waals surface area contributed by atoms with Gasteiger partial charge < -0.3 is 15.0 Å². The first kappa shape index (κ1) is 19.3. The minimum atomic E-state index is -0.479. The molecule has 0 unspecified atom stereocenters. The number of piperidine rings is 1. The van der Waals surface area contributed by atoms with E-state index in [1.54, 1.807) is 15.8 Å². The summed E-state index contributed by atoms with van der Waals surface area (Å²) in [5.74, 6) is 1.01. The van der Waals surface area contributed by atoms with Crippen LogP contribution in [0.1, 0.15) is 59.9 Å². The molecule has 0 atom stereocenters. The maximum absolute atomic E-state index is 12.3. The van der Waals surface area contributed by atoms with Crippen LogP contribution in [0.5, 0.6) is 0 Å². The van der Waals surface area contributed by atoms with Crippen LogP contribution < -0.4 is 5.32 Å². The van der Waals surface area contributed by atoms with E-state index in [-0.39, 0.29) is 24.0 Å². The van der Waals surface area contributed by atoms with E-state index >= 15 is 0 Å². The molecule has 1 N–H and O–H groups in total. The molecule has 0 saturated carbocycles. The first-order chi connectivity index (χ1) is 11.7. The number of rotatable bonds is 4. The molecule has 2 rings (SSSR count). The summed E-state index contributed by atoms with van der Waals surface area (Å²) in [6.45, 7) is 10.9. The zero-order valence-corrected chi connectivity index (χ0v) is 15.9. The van der Waals surface area contributed by atoms with E-state index in [9.17, 15) is 9.59 Å². The maximum Gasteiger partial charge on any atom is 0.410 e. The van der Waals surface area contributed by atoms with Crippen LogP contribution in [-0.4, -0.2) is 45.4 Å². The highest BCUT2D eigenvalue weighted by Crippen LogP contribution is 2.23. The van der Waals surface area contributed by atoms with Gasteiger partial charge in [-0.3, -0.25) is 4.79 Å². The Balaban J connectivity index is 1.79. The molecule has 1 fully saturated rings. The zero-order valence-electron chi connectivity index (χ0n) is 15.9. The summed E-state index contributed by atoms with van der Waals surface area (Å²) in [6.07, 6.45) is 3.52. The van der Waals surface area contributed by atoms with Crippen molar-refractivity contribution >= 4 is 17.8 Å². The topological polar surface area (TPSA) is 76.5 Å². The number of nitrogens with one attached hydrogen (secondary N) is 1. The number of ether oxygens (including phenoxy) is 1. The Morgan fingerprint density at radius 1 is 1.32 bits per heavy atom. The summed E-state index contributed by atoms with van der Waals surface area (Å²) in [7, 11) is 0. The van der Waals surface area contributed by atoms with Crippen LogP contribution in [0.25, 0.3) is 0 Å². The van der Waals surface area contributed by atoms with Gasteiger partial charge in [0, 0.05) is 31.6 Å². The summed E-state index contributed by atoms with van der Waals surface area (Å²) in [5, 5.41) is 7.16. The largest absolute Gasteiger partial charge is 0.444 e. The molecule has 1 aromatic rings. The van der Waals surface area contributed by atoms with Crippen molar-refractivity contribution in [2.75, 3.05) is 18.4 Å². The lowest BCUT2D eigenvalue weighted by molar-refractivity contribution is -0.117. The molecule has 7 nitrogen and oxygen atoms in total. The quantitative estimate of drug-likeness (QED) is 0.902. The molecular weight excluding hydrogens is 320 g/mol. The van der Waals surface area contributed by atoms with Gasteiger partial charge in [0.15, 0.2) is 0 Å². The normalized spacial score (nSPS) is 16.2. The predicted octanol–water partition coefficient (Wildman–Crippen LogP) is 3.44. The molecule has 1 saturated heterocycles. The van der Waals surface area contributed by atoms with Crippen LogP contribution in [0.15, 0.2) is 12.3 Å². The van der Waals surface area contributed by atoms with Crippen molar-refractivity contribution in [3.63, 3.8) is 0 Å². The number of nitrogens with zero attached hydrogens (tertiary/aromatic N) is 3. The van der Waals surface area contributed by atoms with E-state index in [1.165, 1.54) is 0 Å². The van der Waals surface area contributed by atoms with Crippen molar-refractivity contribution in [3.8, 4) is 0 Å². The lowest BCUT2D eigenvalue weighted by Gasteiger charge is -2.33. The van der Waals surface area contributed by atoms with Gasteiger partial charge in [0.1, 0.15) is 11.4 Å². The lowest BCUT2D eigenvalue weighted by Crippen LogP contribution is -2.42. The van der Waals surface area contributed by atoms with Crippen molar-refractivity contribution < 1.29 is 14.3 Å². The highest BCUT2D eigenvalue weighted by Gasteiger charge is 2.27. The van der Waals surface area contributed by atoms with Crippen molar-refractivity contribution in [2.45, 2.75) is 65.5 Å². The van der Waals surface area contributed by atoms with Gasteiger partial charge in [-0.1, -0.05) is 0 Å². The van der Waals surface area contributed by atoms with Gasteiger partial charge in [-0.05, 0) is 53.4 Å². The second-order valence-electron chi connectivity index (χ2n) is 7.92. The fraction of sp³-hybridized carbons (Fsp3) is 0.722. The highest BCUT2D eigenvalue weighted by atomic mass is 16.6. The zero-order chi connectivity index (χ0) is 18.6. The monoisotopic (exact) mass is 350 g/mol. The smallest absolute Gasteiger partial charge is 0.410 e. The van der Waals surface area contributed by atoms with E-state index < -0.39 is 5.60 Å². The van der Waals surface area contributed by atoms with Crippen LogP contribution in [-0.2, 0) is 9.53 Å². The van der Waals surface area contributed by atoms with Crippen molar-refractivity contribution in [2.24, 2.45) is 5.92 Å². The number of aromatic nitrogens is 2. The molecule has 140 valence electrons. The van der Waals surface area contributed by atoms with Crippen LogP contribution in [0.3, 0.4) is 0 Å². The van der Waals surface area contributed by atoms with Gasteiger partial charge in [0.2, 0.25) is 5.91 Å². The lowest BCUT2D eigenvalue weighted by atomic mass is 9.93. The Hall–Kier alpha value is -2.05. The van der Waals surface area contributed by atoms with E-state index in [0.29, 0.717) is 19.5 Å². The third-order valence-corrected chi connectivity index (χ3v) is 4.17. The number of hydrogen-bond donors (Lipinski definition) is 1. The van der Waals surface area contributed by atoms with E-state index in [2.05, 4.69) is 10.4 Å². The third-order valence-electron chi connectivity index (χ3n) is 4.17. The fourth-order valence-corrected chi connectivity index (χ4v) is 2.93. The molecule has 0 bridgehead atoms. The highest BCUT2D eigenvalue weighted by molar-refractivity contribution is 5.90. The number of carbonyl (C=O) groups is 2. The van der Waals surface area contributed by atoms with Crippen LogP contribution >= 0.6 is 0 Å². The van der Waals surface area contributed by atoms with Gasteiger partial charge in [0.25, 0.3) is 0 Å². The third kappa shape index (κ3) is 5.76. The standard InChI is InChI=1S/C18H30N4O3/c1-13(2)22-15(6-9-19-22)20-16(23)12-14-7-10-21(11-8-14)17(24)25-18(3,4)5/h6,9,13-14H,7-8,10-12H2,1-5H3,(H,20,23). The average Bonchev–Trinajstić information content (AvgIpc) is 2.94.